The number of hydrogen-bond donors (Lipinski definition) is 2. The van der Waals surface area contributed by atoms with Gasteiger partial charge in [-0.15, -0.1) is 0 Å². The summed E-state index contributed by atoms with van der Waals surface area (Å²) >= 11 is 0. The Balaban J connectivity index is 2.08. The number of pyridine rings is 1. The van der Waals surface area contributed by atoms with Crippen LogP contribution in [0, 0.1) is 0 Å². The summed E-state index contributed by atoms with van der Waals surface area (Å²) in [6.07, 6.45) is 3.16. The lowest BCUT2D eigenvalue weighted by molar-refractivity contribution is -0.133. The summed E-state index contributed by atoms with van der Waals surface area (Å²) in [6, 6.07) is 7.01. The highest BCUT2D eigenvalue weighted by Gasteiger charge is 2.13. The number of hydrogen-bond acceptors (Lipinski definition) is 5. The van der Waals surface area contributed by atoms with Crippen LogP contribution >= 0.6 is 0 Å². The first-order valence-electron chi connectivity index (χ1n) is 5.72. The number of aromatic carboxylic acids is 1. The van der Waals surface area contributed by atoms with Gasteiger partial charge in [0.15, 0.2) is 0 Å². The maximum absolute atomic E-state index is 11.7. The molecular weight excluding hydrogens is 262 g/mol. The standard InChI is InChI=1S/C14H11NO5/c16-12-4-3-10(7-11(12)14(18)19)20-13(17)6-9-2-1-5-15-8-9/h1-5,7-8,16H,6H2,(H,18,19). The van der Waals surface area contributed by atoms with Gasteiger partial charge in [0.2, 0.25) is 0 Å². The predicted octanol–water partition coefficient (Wildman–Crippen LogP) is 1.63. The Morgan fingerprint density at radius 1 is 1.25 bits per heavy atom. The fraction of sp³-hybridized carbons (Fsp3) is 0.0714. The second kappa shape index (κ2) is 5.83. The second-order valence-corrected chi connectivity index (χ2v) is 4.00. The molecular formula is C14H11NO5. The minimum Gasteiger partial charge on any atom is -0.507 e. The molecule has 102 valence electrons. The summed E-state index contributed by atoms with van der Waals surface area (Å²) < 4.78 is 5.02. The van der Waals surface area contributed by atoms with Crippen LogP contribution in [-0.4, -0.2) is 27.1 Å². The Labute approximate surface area is 114 Å². The van der Waals surface area contributed by atoms with Crippen molar-refractivity contribution < 1.29 is 24.5 Å². The zero-order valence-electron chi connectivity index (χ0n) is 10.3. The summed E-state index contributed by atoms with van der Waals surface area (Å²) in [4.78, 5) is 26.4. The molecule has 0 amide bonds. The van der Waals surface area contributed by atoms with E-state index in [-0.39, 0.29) is 23.5 Å². The van der Waals surface area contributed by atoms with Crippen molar-refractivity contribution in [3.05, 3.63) is 53.9 Å². The predicted molar refractivity (Wildman–Crippen MR) is 68.6 cm³/mol. The molecule has 20 heavy (non-hydrogen) atoms. The Bertz CT molecular complexity index is 639. The second-order valence-electron chi connectivity index (χ2n) is 4.00. The minimum atomic E-state index is -1.30. The van der Waals surface area contributed by atoms with Gasteiger partial charge in [0.05, 0.1) is 6.42 Å². The Hall–Kier alpha value is -2.89. The van der Waals surface area contributed by atoms with E-state index in [9.17, 15) is 14.7 Å². The number of aromatic hydroxyl groups is 1. The summed E-state index contributed by atoms with van der Waals surface area (Å²) in [6.45, 7) is 0. The molecule has 0 aliphatic carbocycles. The van der Waals surface area contributed by atoms with E-state index >= 15 is 0 Å². The van der Waals surface area contributed by atoms with E-state index in [4.69, 9.17) is 9.84 Å². The van der Waals surface area contributed by atoms with E-state index in [2.05, 4.69) is 4.98 Å². The van der Waals surface area contributed by atoms with Crippen molar-refractivity contribution in [2.24, 2.45) is 0 Å². The molecule has 0 aliphatic heterocycles. The SMILES string of the molecule is O=C(Cc1cccnc1)Oc1ccc(O)c(C(=O)O)c1. The highest BCUT2D eigenvalue weighted by Crippen LogP contribution is 2.23. The van der Waals surface area contributed by atoms with Crippen molar-refractivity contribution in [1.82, 2.24) is 4.98 Å². The fourth-order valence-electron chi connectivity index (χ4n) is 1.59. The van der Waals surface area contributed by atoms with E-state index in [1.165, 1.54) is 6.07 Å². The molecule has 0 aliphatic rings. The summed E-state index contributed by atoms with van der Waals surface area (Å²) in [5.74, 6) is -2.16. The molecule has 1 aromatic carbocycles. The number of carbonyl (C=O) groups is 2. The molecule has 0 bridgehead atoms. The van der Waals surface area contributed by atoms with E-state index in [1.54, 1.807) is 24.5 Å². The lowest BCUT2D eigenvalue weighted by Crippen LogP contribution is -2.11. The van der Waals surface area contributed by atoms with Crippen LogP contribution in [0.4, 0.5) is 0 Å². The molecule has 0 saturated heterocycles. The molecule has 0 unspecified atom stereocenters. The van der Waals surface area contributed by atoms with Crippen molar-refractivity contribution in [1.29, 1.82) is 0 Å². The lowest BCUT2D eigenvalue weighted by Gasteiger charge is -2.06. The number of carbonyl (C=O) groups excluding carboxylic acids is 1. The van der Waals surface area contributed by atoms with Crippen molar-refractivity contribution in [2.45, 2.75) is 6.42 Å². The normalized spacial score (nSPS) is 10.0. The number of phenols is 1. The Morgan fingerprint density at radius 2 is 2.05 bits per heavy atom. The topological polar surface area (TPSA) is 96.7 Å². The van der Waals surface area contributed by atoms with Crippen LogP contribution in [0.3, 0.4) is 0 Å². The Kier molecular flexibility index (Phi) is 3.95. The van der Waals surface area contributed by atoms with Crippen LogP contribution in [0.25, 0.3) is 0 Å². The van der Waals surface area contributed by atoms with Crippen molar-refractivity contribution in [3.8, 4) is 11.5 Å². The number of ether oxygens (including phenoxy) is 1. The fourth-order valence-corrected chi connectivity index (χ4v) is 1.59. The number of rotatable bonds is 4. The largest absolute Gasteiger partial charge is 0.507 e. The van der Waals surface area contributed by atoms with Gasteiger partial charge in [-0.2, -0.15) is 0 Å². The highest BCUT2D eigenvalue weighted by atomic mass is 16.5. The molecule has 6 nitrogen and oxygen atoms in total. The maximum atomic E-state index is 11.7. The summed E-state index contributed by atoms with van der Waals surface area (Å²) in [5.41, 5.74) is 0.367. The van der Waals surface area contributed by atoms with Crippen LogP contribution < -0.4 is 4.74 Å². The number of carboxylic acids is 1. The first kappa shape index (κ1) is 13.5. The third-order valence-electron chi connectivity index (χ3n) is 2.50. The average molecular weight is 273 g/mol. The molecule has 6 heteroatoms. The zero-order valence-corrected chi connectivity index (χ0v) is 10.3. The minimum absolute atomic E-state index is 0.0249. The molecule has 2 aromatic rings. The van der Waals surface area contributed by atoms with Crippen LogP contribution in [-0.2, 0) is 11.2 Å². The molecule has 0 atom stereocenters. The summed E-state index contributed by atoms with van der Waals surface area (Å²) in [5, 5.41) is 18.2. The molecule has 1 heterocycles. The number of nitrogens with zero attached hydrogens (tertiary/aromatic N) is 1. The maximum Gasteiger partial charge on any atom is 0.339 e. The van der Waals surface area contributed by atoms with Crippen molar-refractivity contribution in [3.63, 3.8) is 0 Å². The van der Waals surface area contributed by atoms with Crippen molar-refractivity contribution in [2.75, 3.05) is 0 Å². The third kappa shape index (κ3) is 3.32. The average Bonchev–Trinajstić information content (AvgIpc) is 2.41. The molecule has 0 spiro atoms. The number of carboxylic acid groups (broad SMARTS) is 1. The monoisotopic (exact) mass is 273 g/mol. The molecule has 2 N–H and O–H groups in total. The van der Waals surface area contributed by atoms with Gasteiger partial charge in [0, 0.05) is 12.4 Å². The molecule has 1 aromatic heterocycles. The van der Waals surface area contributed by atoms with Crippen molar-refractivity contribution >= 4 is 11.9 Å². The lowest BCUT2D eigenvalue weighted by atomic mass is 10.2. The van der Waals surface area contributed by atoms with Gasteiger partial charge in [-0.3, -0.25) is 9.78 Å². The number of aromatic nitrogens is 1. The van der Waals surface area contributed by atoms with E-state index in [1.807, 2.05) is 0 Å². The van der Waals surface area contributed by atoms with Crippen LogP contribution in [0.15, 0.2) is 42.7 Å². The quantitative estimate of drug-likeness (QED) is 0.649. The molecule has 0 radical (unpaired) electrons. The summed E-state index contributed by atoms with van der Waals surface area (Å²) in [7, 11) is 0. The third-order valence-corrected chi connectivity index (χ3v) is 2.50. The number of esters is 1. The van der Waals surface area contributed by atoms with Gasteiger partial charge in [0.25, 0.3) is 0 Å². The number of benzene rings is 1. The van der Waals surface area contributed by atoms with Crippen LogP contribution in [0.2, 0.25) is 0 Å². The zero-order chi connectivity index (χ0) is 14.5. The molecule has 0 fully saturated rings. The van der Waals surface area contributed by atoms with E-state index in [0.29, 0.717) is 5.56 Å². The first-order chi connectivity index (χ1) is 9.56. The van der Waals surface area contributed by atoms with Gasteiger partial charge in [-0.1, -0.05) is 6.07 Å². The van der Waals surface area contributed by atoms with Gasteiger partial charge in [-0.25, -0.2) is 4.79 Å². The molecule has 2 rings (SSSR count). The molecule has 0 saturated carbocycles. The van der Waals surface area contributed by atoms with Crippen LogP contribution in [0.1, 0.15) is 15.9 Å². The van der Waals surface area contributed by atoms with Gasteiger partial charge in [-0.05, 0) is 29.8 Å². The van der Waals surface area contributed by atoms with E-state index < -0.39 is 11.9 Å². The van der Waals surface area contributed by atoms with Gasteiger partial charge in [0.1, 0.15) is 17.1 Å². The Morgan fingerprint density at radius 3 is 2.70 bits per heavy atom. The van der Waals surface area contributed by atoms with Crippen LogP contribution in [0.5, 0.6) is 11.5 Å². The smallest absolute Gasteiger partial charge is 0.339 e. The van der Waals surface area contributed by atoms with E-state index in [0.717, 1.165) is 12.1 Å². The van der Waals surface area contributed by atoms with Gasteiger partial charge >= 0.3 is 11.9 Å². The van der Waals surface area contributed by atoms with Gasteiger partial charge < -0.3 is 14.9 Å². The first-order valence-corrected chi connectivity index (χ1v) is 5.72. The highest BCUT2D eigenvalue weighted by molar-refractivity contribution is 5.91.